The van der Waals surface area contributed by atoms with Crippen molar-refractivity contribution in [3.63, 3.8) is 0 Å². The van der Waals surface area contributed by atoms with Gasteiger partial charge in [-0.1, -0.05) is 110 Å². The molecule has 0 heterocycles. The molecule has 0 radical (unpaired) electrons. The summed E-state index contributed by atoms with van der Waals surface area (Å²) in [5, 5.41) is 0. The van der Waals surface area contributed by atoms with Crippen LogP contribution in [-0.4, -0.2) is 29.4 Å². The highest BCUT2D eigenvalue weighted by atomic mass is 29.9. The molecule has 0 aliphatic heterocycles. The second-order valence-corrected chi connectivity index (χ2v) is 51.7. The molecule has 0 spiro atoms. The van der Waals surface area contributed by atoms with E-state index in [0.29, 0.717) is 0 Å². The van der Waals surface area contributed by atoms with Crippen LogP contribution in [0.3, 0.4) is 0 Å². The number of hydrogen-bond donors (Lipinski definition) is 0. The predicted octanol–water partition coefficient (Wildman–Crippen LogP) is 7.05. The minimum Gasteiger partial charge on any atom is -0.0718 e. The van der Waals surface area contributed by atoms with Crippen molar-refractivity contribution >= 4 is 29.4 Å². The van der Waals surface area contributed by atoms with Gasteiger partial charge in [0.1, 0.15) is 0 Å². The van der Waals surface area contributed by atoms with Crippen molar-refractivity contribution in [2.75, 3.05) is 0 Å². The smallest absolute Gasteiger partial charge is 0.0374 e. The Morgan fingerprint density at radius 3 is 1.14 bits per heavy atom. The molecule has 0 saturated heterocycles. The van der Waals surface area contributed by atoms with Crippen molar-refractivity contribution in [1.82, 2.24) is 0 Å². The van der Waals surface area contributed by atoms with E-state index in [4.69, 9.17) is 0 Å². The van der Waals surface area contributed by atoms with E-state index < -0.39 is 29.4 Å². The lowest BCUT2D eigenvalue weighted by Gasteiger charge is -2.58. The van der Waals surface area contributed by atoms with Crippen LogP contribution in [0.4, 0.5) is 0 Å². The molecule has 0 amide bonds. The van der Waals surface area contributed by atoms with Gasteiger partial charge in [0.2, 0.25) is 0 Å². The minimum atomic E-state index is -1.05. The first-order valence-corrected chi connectivity index (χ1v) is 25.0. The fourth-order valence-corrected chi connectivity index (χ4v) is 105. The summed E-state index contributed by atoms with van der Waals surface area (Å²) in [6, 6.07) is 1.68. The lowest BCUT2D eigenvalue weighted by Crippen LogP contribution is -2.82. The summed E-state index contributed by atoms with van der Waals surface area (Å²) in [6.45, 7) is 25.8. The van der Waals surface area contributed by atoms with Crippen molar-refractivity contribution in [3.05, 3.63) is 0 Å². The molecule has 0 aromatic carbocycles. The van der Waals surface area contributed by atoms with Crippen molar-refractivity contribution in [3.8, 4) is 0 Å². The van der Waals surface area contributed by atoms with Gasteiger partial charge < -0.3 is 0 Å². The summed E-state index contributed by atoms with van der Waals surface area (Å²) in [4.78, 5) is 0. The van der Waals surface area contributed by atoms with Crippen LogP contribution in [0.25, 0.3) is 0 Å². The van der Waals surface area contributed by atoms with Crippen LogP contribution in [0.15, 0.2) is 0 Å². The highest BCUT2D eigenvalue weighted by Gasteiger charge is 2.60. The Bertz CT molecular complexity index is 255. The Morgan fingerprint density at radius 2 is 0.810 bits per heavy atom. The number of unbranched alkanes of at least 4 members (excludes halogenated alkanes) is 5. The van der Waals surface area contributed by atoms with E-state index in [9.17, 15) is 0 Å². The largest absolute Gasteiger partial charge is 0.0718 e. The first kappa shape index (κ1) is 21.9. The van der Waals surface area contributed by atoms with Gasteiger partial charge in [-0.2, -0.15) is 0 Å². The molecular formula is C17H44Si4. The summed E-state index contributed by atoms with van der Waals surface area (Å²) >= 11 is 0. The van der Waals surface area contributed by atoms with Gasteiger partial charge in [-0.3, -0.25) is 0 Å². The molecule has 0 atom stereocenters. The molecule has 0 rings (SSSR count). The van der Waals surface area contributed by atoms with Gasteiger partial charge in [0.15, 0.2) is 0 Å². The monoisotopic (exact) mass is 360 g/mol. The van der Waals surface area contributed by atoms with E-state index in [1.54, 1.807) is 12.5 Å². The van der Waals surface area contributed by atoms with E-state index in [1.807, 2.05) is 0 Å². The first-order chi connectivity index (χ1) is 9.31. The van der Waals surface area contributed by atoms with Crippen molar-refractivity contribution in [1.29, 1.82) is 0 Å². The Kier molecular flexibility index (Phi) is 8.45. The van der Waals surface area contributed by atoms with Crippen LogP contribution in [0.5, 0.6) is 0 Å². The third-order valence-electron chi connectivity index (χ3n) is 5.75. The Morgan fingerprint density at radius 1 is 0.476 bits per heavy atom. The maximum Gasteiger partial charge on any atom is 0.0374 e. The van der Waals surface area contributed by atoms with E-state index >= 15 is 0 Å². The third kappa shape index (κ3) is 5.47. The van der Waals surface area contributed by atoms with Gasteiger partial charge in [-0.25, -0.2) is 0 Å². The lowest BCUT2D eigenvalue weighted by atomic mass is 10.1. The van der Waals surface area contributed by atoms with Crippen LogP contribution < -0.4 is 0 Å². The van der Waals surface area contributed by atoms with Gasteiger partial charge >= 0.3 is 0 Å². The molecule has 0 nitrogen and oxygen atoms in total. The SMILES string of the molecule is CCCCCCCC[Si]([Si](C)(C)C)([Si](C)(C)C)[Si](C)(C)C. The van der Waals surface area contributed by atoms with Crippen molar-refractivity contribution < 1.29 is 0 Å². The van der Waals surface area contributed by atoms with Crippen LogP contribution in [0.1, 0.15) is 45.4 Å². The lowest BCUT2D eigenvalue weighted by molar-refractivity contribution is 0.623. The predicted molar refractivity (Wildman–Crippen MR) is 114 cm³/mol. The standard InChI is InChI=1S/C17H44Si4/c1-11-12-13-14-15-16-17-21(18(2,3)4,19(5,6)7)20(8,9)10/h11-17H2,1-10H3. The highest BCUT2D eigenvalue weighted by molar-refractivity contribution is 7.89. The molecule has 0 aromatic rings. The number of hydrogen-bond acceptors (Lipinski definition) is 0. The molecule has 0 N–H and O–H groups in total. The molecule has 21 heavy (non-hydrogen) atoms. The normalized spacial score (nSPS) is 14.6. The van der Waals surface area contributed by atoms with Gasteiger partial charge in [0.25, 0.3) is 0 Å². The third-order valence-corrected chi connectivity index (χ3v) is 80.3. The molecule has 4 heteroatoms. The summed E-state index contributed by atoms with van der Waals surface area (Å²) < 4.78 is 0. The first-order valence-electron chi connectivity index (χ1n) is 9.31. The average Bonchev–Trinajstić information content (AvgIpc) is 2.22. The van der Waals surface area contributed by atoms with E-state index in [0.717, 1.165) is 0 Å². The fraction of sp³-hybridized carbons (Fsp3) is 1.00. The van der Waals surface area contributed by atoms with Crippen LogP contribution >= 0.6 is 0 Å². The summed E-state index contributed by atoms with van der Waals surface area (Å²) in [6.07, 6.45) is 8.83. The van der Waals surface area contributed by atoms with Crippen LogP contribution in [-0.2, 0) is 0 Å². The van der Waals surface area contributed by atoms with E-state index in [-0.39, 0.29) is 0 Å². The molecule has 0 bridgehead atoms. The Balaban J connectivity index is 5.08. The summed E-state index contributed by atoms with van der Waals surface area (Å²) in [5.41, 5.74) is 0. The topological polar surface area (TPSA) is 0 Å². The van der Waals surface area contributed by atoms with Crippen LogP contribution in [0.2, 0.25) is 65.0 Å². The minimum absolute atomic E-state index is 1.02. The molecular weight excluding hydrogens is 317 g/mol. The molecule has 128 valence electrons. The zero-order valence-electron chi connectivity index (χ0n) is 16.9. The Hall–Kier alpha value is 0.868. The van der Waals surface area contributed by atoms with Crippen molar-refractivity contribution in [2.24, 2.45) is 0 Å². The maximum absolute atomic E-state index is 2.73. The van der Waals surface area contributed by atoms with Crippen molar-refractivity contribution in [2.45, 2.75) is 110 Å². The molecule has 0 unspecified atom stereocenters. The molecule has 0 aromatic heterocycles. The van der Waals surface area contributed by atoms with E-state index in [1.165, 1.54) is 32.1 Å². The highest BCUT2D eigenvalue weighted by Crippen LogP contribution is 2.41. The quantitative estimate of drug-likeness (QED) is 0.289. The Labute approximate surface area is 139 Å². The average molecular weight is 361 g/mol. The van der Waals surface area contributed by atoms with Gasteiger partial charge in [-0.15, -0.1) is 0 Å². The second-order valence-electron chi connectivity index (χ2n) is 10.2. The molecule has 0 aliphatic rings. The number of rotatable bonds is 10. The van der Waals surface area contributed by atoms with Gasteiger partial charge in [0.05, 0.1) is 0 Å². The molecule has 0 aliphatic carbocycles. The maximum atomic E-state index is 2.73. The molecule has 0 fully saturated rings. The summed E-state index contributed by atoms with van der Waals surface area (Å²) in [7, 11) is -3.06. The van der Waals surface area contributed by atoms with Gasteiger partial charge in [0, 0.05) is 29.4 Å². The zero-order valence-corrected chi connectivity index (χ0v) is 20.9. The van der Waals surface area contributed by atoms with Crippen LogP contribution in [0, 0.1) is 0 Å². The van der Waals surface area contributed by atoms with Gasteiger partial charge in [-0.05, 0) is 0 Å². The zero-order chi connectivity index (χ0) is 16.9. The van der Waals surface area contributed by atoms with E-state index in [2.05, 4.69) is 65.8 Å². The summed E-state index contributed by atoms with van der Waals surface area (Å²) in [5.74, 6) is 0. The fourth-order valence-electron chi connectivity index (χ4n) is 5.67. The molecule has 0 saturated carbocycles. The second kappa shape index (κ2) is 8.11.